The summed E-state index contributed by atoms with van der Waals surface area (Å²) in [7, 11) is 0. The number of likely N-dealkylation sites (tertiary alicyclic amines) is 2. The average Bonchev–Trinajstić information content (AvgIpc) is 3.16. The van der Waals surface area contributed by atoms with Gasteiger partial charge < -0.3 is 19.9 Å². The number of ether oxygens (including phenoxy) is 1. The van der Waals surface area contributed by atoms with Crippen LogP contribution < -0.4 is 5.32 Å². The lowest BCUT2D eigenvalue weighted by Crippen LogP contribution is -2.44. The molecule has 2 fully saturated rings. The van der Waals surface area contributed by atoms with E-state index in [1.165, 1.54) is 25.6 Å². The van der Waals surface area contributed by atoms with Gasteiger partial charge in [0.05, 0.1) is 5.56 Å². The van der Waals surface area contributed by atoms with Gasteiger partial charge in [0.1, 0.15) is 18.0 Å². The molecule has 0 bridgehead atoms. The van der Waals surface area contributed by atoms with E-state index < -0.39 is 0 Å². The first-order valence-electron chi connectivity index (χ1n) is 13.5. The lowest BCUT2D eigenvalue weighted by atomic mass is 9.92. The molecule has 3 aliphatic heterocycles. The van der Waals surface area contributed by atoms with E-state index in [9.17, 15) is 9.18 Å². The molecule has 4 atom stereocenters. The predicted molar refractivity (Wildman–Crippen MR) is 138 cm³/mol. The Labute approximate surface area is 210 Å². The third-order valence-corrected chi connectivity index (χ3v) is 7.86. The number of carbonyl (C=O) groups excluding carboxylic acids is 1. The quantitative estimate of drug-likeness (QED) is 0.567. The van der Waals surface area contributed by atoms with Gasteiger partial charge in [-0.3, -0.25) is 4.79 Å². The second kappa shape index (κ2) is 11.8. The zero-order chi connectivity index (χ0) is 24.9. The van der Waals surface area contributed by atoms with E-state index >= 15 is 0 Å². The number of piperidine rings is 2. The molecule has 35 heavy (non-hydrogen) atoms. The Kier molecular flexibility index (Phi) is 8.82. The molecule has 0 aromatic heterocycles. The van der Waals surface area contributed by atoms with Crippen molar-refractivity contribution in [3.63, 3.8) is 0 Å². The van der Waals surface area contributed by atoms with Crippen molar-refractivity contribution in [1.29, 1.82) is 0 Å². The van der Waals surface area contributed by atoms with E-state index in [-0.39, 0.29) is 29.8 Å². The topological polar surface area (TPSA) is 57.2 Å². The minimum Gasteiger partial charge on any atom is -0.472 e. The van der Waals surface area contributed by atoms with E-state index in [1.807, 2.05) is 19.9 Å². The number of hydrogen-bond acceptors (Lipinski definition) is 5. The van der Waals surface area contributed by atoms with Gasteiger partial charge in [0, 0.05) is 32.1 Å². The van der Waals surface area contributed by atoms with Crippen LogP contribution in [0, 0.1) is 30.5 Å². The molecule has 0 saturated carbocycles. The summed E-state index contributed by atoms with van der Waals surface area (Å²) >= 11 is 0. The Balaban J connectivity index is 1.18. The summed E-state index contributed by atoms with van der Waals surface area (Å²) in [6, 6.07) is 5.03. The van der Waals surface area contributed by atoms with Gasteiger partial charge >= 0.3 is 0 Å². The molecule has 194 valence electrons. The minimum atomic E-state index is -0.288. The van der Waals surface area contributed by atoms with Gasteiger partial charge in [0.15, 0.2) is 0 Å². The van der Waals surface area contributed by atoms with Gasteiger partial charge in [-0.25, -0.2) is 9.38 Å². The van der Waals surface area contributed by atoms with Crippen LogP contribution in [0.5, 0.6) is 0 Å². The lowest BCUT2D eigenvalue weighted by molar-refractivity contribution is -0.126. The van der Waals surface area contributed by atoms with Crippen LogP contribution in [0.3, 0.4) is 0 Å². The number of aryl methyl sites for hydroxylation is 1. The van der Waals surface area contributed by atoms with Gasteiger partial charge in [0.25, 0.3) is 0 Å². The Bertz CT molecular complexity index is 869. The highest BCUT2D eigenvalue weighted by atomic mass is 19.1. The SMILES string of the molecule is Cc1cccc(F)c1C1=NC(CN2CCC(C(=O)NCCCN3C[C@H](C)C[C@H](C)C3)CC2)C(C)O1. The van der Waals surface area contributed by atoms with Crippen LogP contribution in [0.4, 0.5) is 4.39 Å². The fourth-order valence-electron chi connectivity index (χ4n) is 6.03. The maximum absolute atomic E-state index is 14.4. The van der Waals surface area contributed by atoms with E-state index in [0.717, 1.165) is 69.4 Å². The van der Waals surface area contributed by atoms with Crippen molar-refractivity contribution >= 4 is 11.8 Å². The van der Waals surface area contributed by atoms with Gasteiger partial charge in [-0.15, -0.1) is 0 Å². The summed E-state index contributed by atoms with van der Waals surface area (Å²) in [5.74, 6) is 1.98. The summed E-state index contributed by atoms with van der Waals surface area (Å²) in [5.41, 5.74) is 1.31. The van der Waals surface area contributed by atoms with E-state index in [2.05, 4.69) is 29.0 Å². The highest BCUT2D eigenvalue weighted by Crippen LogP contribution is 2.25. The van der Waals surface area contributed by atoms with Gasteiger partial charge in [-0.1, -0.05) is 26.0 Å². The number of hydrogen-bond donors (Lipinski definition) is 1. The largest absolute Gasteiger partial charge is 0.472 e. The van der Waals surface area contributed by atoms with Crippen molar-refractivity contribution in [2.75, 3.05) is 45.8 Å². The highest BCUT2D eigenvalue weighted by molar-refractivity contribution is 5.97. The van der Waals surface area contributed by atoms with E-state index in [4.69, 9.17) is 9.73 Å². The summed E-state index contributed by atoms with van der Waals surface area (Å²) in [6.07, 6.45) is 4.01. The number of carbonyl (C=O) groups is 1. The maximum Gasteiger partial charge on any atom is 0.223 e. The van der Waals surface area contributed by atoms with Crippen LogP contribution in [-0.2, 0) is 9.53 Å². The number of aliphatic imine (C=N–C) groups is 1. The molecule has 1 aromatic rings. The Morgan fingerprint density at radius 3 is 2.54 bits per heavy atom. The first kappa shape index (κ1) is 26.1. The minimum absolute atomic E-state index is 0.0189. The third-order valence-electron chi connectivity index (χ3n) is 7.86. The summed E-state index contributed by atoms with van der Waals surface area (Å²) in [5, 5.41) is 3.18. The van der Waals surface area contributed by atoms with Crippen LogP contribution in [0.25, 0.3) is 0 Å². The first-order valence-corrected chi connectivity index (χ1v) is 13.5. The predicted octanol–water partition coefficient (Wildman–Crippen LogP) is 3.86. The Morgan fingerprint density at radius 1 is 1.14 bits per heavy atom. The first-order chi connectivity index (χ1) is 16.8. The molecule has 0 aliphatic carbocycles. The van der Waals surface area contributed by atoms with Crippen LogP contribution in [0.15, 0.2) is 23.2 Å². The molecular weight excluding hydrogens is 443 g/mol. The van der Waals surface area contributed by atoms with Crippen LogP contribution in [0.1, 0.15) is 57.6 Å². The molecule has 3 aliphatic rings. The fourth-order valence-corrected chi connectivity index (χ4v) is 6.03. The molecule has 6 nitrogen and oxygen atoms in total. The molecule has 0 radical (unpaired) electrons. The molecule has 2 saturated heterocycles. The molecule has 2 unspecified atom stereocenters. The second-order valence-corrected chi connectivity index (χ2v) is 11.2. The Morgan fingerprint density at radius 2 is 1.86 bits per heavy atom. The van der Waals surface area contributed by atoms with Crippen LogP contribution in [-0.4, -0.2) is 79.6 Å². The van der Waals surface area contributed by atoms with Crippen LogP contribution in [0.2, 0.25) is 0 Å². The number of benzene rings is 1. The average molecular weight is 487 g/mol. The smallest absolute Gasteiger partial charge is 0.223 e. The molecule has 4 rings (SSSR count). The van der Waals surface area contributed by atoms with Gasteiger partial charge in [0.2, 0.25) is 11.8 Å². The maximum atomic E-state index is 14.4. The number of nitrogens with one attached hydrogen (secondary N) is 1. The van der Waals surface area contributed by atoms with Crippen molar-refractivity contribution in [3.8, 4) is 0 Å². The van der Waals surface area contributed by atoms with Crippen molar-refractivity contribution in [3.05, 3.63) is 35.1 Å². The molecular formula is C28H43FN4O2. The monoisotopic (exact) mass is 486 g/mol. The van der Waals surface area contributed by atoms with Crippen LogP contribution >= 0.6 is 0 Å². The van der Waals surface area contributed by atoms with E-state index in [1.54, 1.807) is 6.07 Å². The van der Waals surface area contributed by atoms with E-state index in [0.29, 0.717) is 11.5 Å². The zero-order valence-corrected chi connectivity index (χ0v) is 21.9. The Hall–Kier alpha value is -1.99. The fraction of sp³-hybridized carbons (Fsp3) is 0.714. The standard InChI is InChI=1S/C28H43FN4O2/c1-19-15-20(2)17-33(16-19)12-6-11-30-27(34)23-9-13-32(14-10-23)18-25-22(4)35-28(31-25)26-21(3)7-5-8-24(26)29/h5,7-8,19-20,22-23,25H,6,9-18H2,1-4H3,(H,30,34)/t19-,20+,22?,25?. The molecule has 1 aromatic carbocycles. The summed E-state index contributed by atoms with van der Waals surface area (Å²) < 4.78 is 20.3. The van der Waals surface area contributed by atoms with Crippen molar-refractivity contribution in [2.45, 2.75) is 65.5 Å². The number of nitrogens with zero attached hydrogens (tertiary/aromatic N) is 3. The molecule has 1 N–H and O–H groups in total. The molecule has 3 heterocycles. The summed E-state index contributed by atoms with van der Waals surface area (Å²) in [4.78, 5) is 22.4. The highest BCUT2D eigenvalue weighted by Gasteiger charge is 2.33. The van der Waals surface area contributed by atoms with Crippen molar-refractivity contribution in [2.24, 2.45) is 22.7 Å². The molecule has 0 spiro atoms. The number of amides is 1. The zero-order valence-electron chi connectivity index (χ0n) is 21.9. The molecule has 7 heteroatoms. The normalized spacial score (nSPS) is 28.5. The van der Waals surface area contributed by atoms with Crippen molar-refractivity contribution in [1.82, 2.24) is 15.1 Å². The molecule has 1 amide bonds. The number of rotatable bonds is 8. The van der Waals surface area contributed by atoms with Gasteiger partial charge in [-0.2, -0.15) is 0 Å². The third kappa shape index (κ3) is 6.82. The number of halogens is 1. The summed E-state index contributed by atoms with van der Waals surface area (Å²) in [6.45, 7) is 15.3. The second-order valence-electron chi connectivity index (χ2n) is 11.2. The van der Waals surface area contributed by atoms with Crippen molar-refractivity contribution < 1.29 is 13.9 Å². The lowest BCUT2D eigenvalue weighted by Gasteiger charge is -2.35. The van der Waals surface area contributed by atoms with Gasteiger partial charge in [-0.05, 0) is 82.6 Å².